The molecule has 2 atom stereocenters. The highest BCUT2D eigenvalue weighted by Crippen LogP contribution is 2.34. The van der Waals surface area contributed by atoms with Crippen LogP contribution in [0.4, 0.5) is 5.69 Å². The first-order valence-electron chi connectivity index (χ1n) is 17.1. The van der Waals surface area contributed by atoms with Crippen LogP contribution in [0.5, 0.6) is 5.75 Å². The maximum absolute atomic E-state index is 13.3. The lowest BCUT2D eigenvalue weighted by Gasteiger charge is -2.27. The third kappa shape index (κ3) is 7.54. The van der Waals surface area contributed by atoms with Gasteiger partial charge in [-0.15, -0.1) is 0 Å². The fraction of sp³-hybridized carbons (Fsp3) is 0.243. The lowest BCUT2D eigenvalue weighted by molar-refractivity contribution is -0.136. The molecular formula is C37H33Cl2N9O6. The first-order valence-corrected chi connectivity index (χ1v) is 17.8. The highest BCUT2D eigenvalue weighted by Gasteiger charge is 2.45. The number of nitrogens with one attached hydrogen (secondary N) is 4. The van der Waals surface area contributed by atoms with Crippen molar-refractivity contribution >= 4 is 81.5 Å². The lowest BCUT2D eigenvalue weighted by Crippen LogP contribution is -2.54. The van der Waals surface area contributed by atoms with E-state index in [1.807, 2.05) is 43.5 Å². The zero-order valence-corrected chi connectivity index (χ0v) is 30.3. The van der Waals surface area contributed by atoms with Crippen molar-refractivity contribution in [1.29, 1.82) is 0 Å². The fourth-order valence-corrected chi connectivity index (χ4v) is 7.09. The molecule has 5 aromatic rings. The van der Waals surface area contributed by atoms with Gasteiger partial charge >= 0.3 is 0 Å². The quantitative estimate of drug-likeness (QED) is 0.121. The molecule has 5 amide bonds. The van der Waals surface area contributed by atoms with Crippen LogP contribution in [0, 0.1) is 0 Å². The molecule has 4 N–H and O–H groups in total. The minimum absolute atomic E-state index is 0.0340. The van der Waals surface area contributed by atoms with Crippen molar-refractivity contribution in [3.63, 3.8) is 0 Å². The first kappa shape index (κ1) is 36.3. The molecule has 0 spiro atoms. The molecule has 7 rings (SSSR count). The zero-order chi connectivity index (χ0) is 37.9. The summed E-state index contributed by atoms with van der Waals surface area (Å²) in [6.45, 7) is 2.82. The minimum Gasteiger partial charge on any atom is -0.486 e. The van der Waals surface area contributed by atoms with Crippen LogP contribution in [0.3, 0.4) is 0 Å². The molecule has 17 heteroatoms. The van der Waals surface area contributed by atoms with Gasteiger partial charge in [0.15, 0.2) is 0 Å². The number of anilines is 1. The van der Waals surface area contributed by atoms with Crippen molar-refractivity contribution in [2.75, 3.05) is 18.4 Å². The van der Waals surface area contributed by atoms with Crippen molar-refractivity contribution in [3.05, 3.63) is 99.2 Å². The van der Waals surface area contributed by atoms with Crippen molar-refractivity contribution in [3.8, 4) is 5.75 Å². The van der Waals surface area contributed by atoms with E-state index in [4.69, 9.17) is 27.9 Å². The number of pyridine rings is 1. The number of amides is 5. The van der Waals surface area contributed by atoms with E-state index in [-0.39, 0.29) is 42.8 Å². The third-order valence-electron chi connectivity index (χ3n) is 9.06. The van der Waals surface area contributed by atoms with Crippen LogP contribution in [0.1, 0.15) is 69.8 Å². The SMILES string of the molecule is C[C@@H](Oc1ccc2[nH]nc(/C=C/c3cnn(CCNC(=O)CCNc4cccc5c4C(=O)N(C4CCC(=O)NC4=O)C5=O)c3)c2c1)c1c(Cl)cncc1Cl. The van der Waals surface area contributed by atoms with E-state index in [2.05, 4.69) is 36.2 Å². The summed E-state index contributed by atoms with van der Waals surface area (Å²) in [5.74, 6) is -1.93. The van der Waals surface area contributed by atoms with Gasteiger partial charge in [0.1, 0.15) is 17.9 Å². The van der Waals surface area contributed by atoms with Crippen LogP contribution in [0.2, 0.25) is 10.0 Å². The maximum Gasteiger partial charge on any atom is 0.264 e. The molecule has 0 aliphatic carbocycles. The Hall–Kier alpha value is -6.06. The number of ether oxygens (including phenoxy) is 1. The number of benzene rings is 2. The molecule has 54 heavy (non-hydrogen) atoms. The molecule has 1 unspecified atom stereocenters. The van der Waals surface area contributed by atoms with Gasteiger partial charge in [0, 0.05) is 66.7 Å². The highest BCUT2D eigenvalue weighted by atomic mass is 35.5. The normalized spacial score (nSPS) is 16.2. The van der Waals surface area contributed by atoms with Gasteiger partial charge in [0.25, 0.3) is 11.8 Å². The van der Waals surface area contributed by atoms with E-state index in [0.717, 1.165) is 21.4 Å². The number of aromatic nitrogens is 5. The molecule has 1 saturated heterocycles. The second-order valence-electron chi connectivity index (χ2n) is 12.7. The largest absolute Gasteiger partial charge is 0.486 e. The smallest absolute Gasteiger partial charge is 0.264 e. The molecule has 15 nitrogen and oxygen atoms in total. The van der Waals surface area contributed by atoms with Gasteiger partial charge in [0.05, 0.1) is 45.1 Å². The Morgan fingerprint density at radius 2 is 1.87 bits per heavy atom. The summed E-state index contributed by atoms with van der Waals surface area (Å²) >= 11 is 12.6. The number of hydrogen-bond donors (Lipinski definition) is 4. The Bertz CT molecular complexity index is 2320. The molecule has 3 aromatic heterocycles. The molecule has 0 bridgehead atoms. The van der Waals surface area contributed by atoms with E-state index in [1.165, 1.54) is 18.5 Å². The molecule has 5 heterocycles. The number of rotatable bonds is 13. The van der Waals surface area contributed by atoms with E-state index >= 15 is 0 Å². The van der Waals surface area contributed by atoms with E-state index < -0.39 is 35.8 Å². The van der Waals surface area contributed by atoms with Crippen LogP contribution in [0.25, 0.3) is 23.1 Å². The maximum atomic E-state index is 13.3. The Labute approximate surface area is 318 Å². The lowest BCUT2D eigenvalue weighted by atomic mass is 10.0. The summed E-state index contributed by atoms with van der Waals surface area (Å²) in [7, 11) is 0. The third-order valence-corrected chi connectivity index (χ3v) is 9.66. The molecular weight excluding hydrogens is 737 g/mol. The van der Waals surface area contributed by atoms with E-state index in [9.17, 15) is 24.0 Å². The second kappa shape index (κ2) is 15.5. The van der Waals surface area contributed by atoms with Gasteiger partial charge in [-0.3, -0.25) is 49.0 Å². The van der Waals surface area contributed by atoms with Crippen molar-refractivity contribution in [1.82, 2.24) is 40.5 Å². The van der Waals surface area contributed by atoms with Crippen molar-refractivity contribution in [2.45, 2.75) is 44.9 Å². The van der Waals surface area contributed by atoms with Gasteiger partial charge in [-0.25, -0.2) is 0 Å². The van der Waals surface area contributed by atoms with Gasteiger partial charge in [0.2, 0.25) is 17.7 Å². The van der Waals surface area contributed by atoms with Gasteiger partial charge in [-0.2, -0.15) is 10.2 Å². The monoisotopic (exact) mass is 769 g/mol. The van der Waals surface area contributed by atoms with E-state index in [1.54, 1.807) is 23.0 Å². The number of H-pyrrole nitrogens is 1. The first-order chi connectivity index (χ1) is 26.1. The van der Waals surface area contributed by atoms with Crippen molar-refractivity contribution < 1.29 is 28.7 Å². The molecule has 2 aromatic carbocycles. The molecule has 2 aliphatic heterocycles. The standard InChI is InChI=1S/C37H33Cl2N9O6/c1-20(33-25(38)17-40-18-26(33)39)54-22-6-8-28-24(15-22)27(45-46-28)7-5-21-16-43-47(19-21)14-13-42-31(49)11-12-41-29-4-2-3-23-34(29)37(53)48(36(23)52)30-9-10-32(50)44-35(30)51/h2-8,15-20,30,41H,9-14H2,1H3,(H,42,49)(H,45,46)(H,44,50,51)/b7-5+/t20-,30?/m1/s1. The predicted molar refractivity (Wildman–Crippen MR) is 200 cm³/mol. The summed E-state index contributed by atoms with van der Waals surface area (Å²) in [6, 6.07) is 9.33. The zero-order valence-electron chi connectivity index (χ0n) is 28.8. The topological polar surface area (TPSA) is 193 Å². The number of carbonyl (C=O) groups excluding carboxylic acids is 5. The number of nitrogens with zero attached hydrogens (tertiary/aromatic N) is 5. The number of fused-ring (bicyclic) bond motifs is 2. The van der Waals surface area contributed by atoms with Crippen LogP contribution in [0.15, 0.2) is 61.2 Å². The van der Waals surface area contributed by atoms with Crippen LogP contribution in [-0.4, -0.2) is 78.5 Å². The average Bonchev–Trinajstić information content (AvgIpc) is 3.83. The number of piperidine rings is 1. The summed E-state index contributed by atoms with van der Waals surface area (Å²) in [5.41, 5.74) is 3.72. The Kier molecular flexibility index (Phi) is 10.4. The molecule has 0 saturated carbocycles. The van der Waals surface area contributed by atoms with Crippen molar-refractivity contribution in [2.24, 2.45) is 0 Å². The number of halogens is 2. The summed E-state index contributed by atoms with van der Waals surface area (Å²) in [5, 5.41) is 21.7. The molecule has 1 fully saturated rings. The molecule has 0 radical (unpaired) electrons. The summed E-state index contributed by atoms with van der Waals surface area (Å²) in [4.78, 5) is 67.8. The molecule has 276 valence electrons. The second-order valence-corrected chi connectivity index (χ2v) is 13.5. The number of carbonyl (C=O) groups is 5. The van der Waals surface area contributed by atoms with E-state index in [0.29, 0.717) is 45.8 Å². The average molecular weight is 771 g/mol. The fourth-order valence-electron chi connectivity index (χ4n) is 6.42. The summed E-state index contributed by atoms with van der Waals surface area (Å²) in [6.07, 6.45) is 10.2. The van der Waals surface area contributed by atoms with Crippen LogP contribution < -0.4 is 20.7 Å². The number of hydrogen-bond acceptors (Lipinski definition) is 10. The molecule has 2 aliphatic rings. The van der Waals surface area contributed by atoms with Crippen LogP contribution in [-0.2, 0) is 20.9 Å². The predicted octanol–water partition coefficient (Wildman–Crippen LogP) is 4.79. The summed E-state index contributed by atoms with van der Waals surface area (Å²) < 4.78 is 7.87. The van der Waals surface area contributed by atoms with Gasteiger partial charge in [-0.05, 0) is 55.8 Å². The van der Waals surface area contributed by atoms with Gasteiger partial charge in [-0.1, -0.05) is 29.3 Å². The Morgan fingerprint density at radius 1 is 1.06 bits per heavy atom. The van der Waals surface area contributed by atoms with Gasteiger partial charge < -0.3 is 15.4 Å². The highest BCUT2D eigenvalue weighted by molar-refractivity contribution is 6.35. The number of aromatic amines is 1. The Morgan fingerprint density at radius 3 is 2.67 bits per heavy atom. The Balaban J connectivity index is 0.888. The number of imide groups is 2. The van der Waals surface area contributed by atoms with Crippen LogP contribution >= 0.6 is 23.2 Å². The minimum atomic E-state index is -1.06.